The molecule has 0 amide bonds. The molecule has 0 saturated heterocycles. The SMILES string of the molecule is C=C1c2cccc(C)c2CN1c1c(Br)cc(C(F)(C(F)(F)F)C(F)(F)Cl)cc1CC(F)F. The molecule has 1 atom stereocenters. The summed E-state index contributed by atoms with van der Waals surface area (Å²) < 4.78 is 109. The number of anilines is 1. The maximum Gasteiger partial charge on any atom is 0.434 e. The van der Waals surface area contributed by atoms with Gasteiger partial charge in [0.1, 0.15) is 0 Å². The van der Waals surface area contributed by atoms with Gasteiger partial charge in [0, 0.05) is 34.3 Å². The van der Waals surface area contributed by atoms with E-state index in [1.807, 2.05) is 13.0 Å². The Morgan fingerprint density at radius 3 is 2.25 bits per heavy atom. The Kier molecular flexibility index (Phi) is 6.36. The fourth-order valence-corrected chi connectivity index (χ4v) is 4.69. The minimum atomic E-state index is -6.12. The van der Waals surface area contributed by atoms with Crippen LogP contribution >= 0.6 is 27.5 Å². The summed E-state index contributed by atoms with van der Waals surface area (Å²) in [6.07, 6.45) is -10.3. The molecule has 0 radical (unpaired) electrons. The van der Waals surface area contributed by atoms with Gasteiger partial charge in [-0.15, -0.1) is 0 Å². The Morgan fingerprint density at radius 2 is 1.75 bits per heavy atom. The van der Waals surface area contributed by atoms with Crippen molar-refractivity contribution in [2.45, 2.75) is 43.5 Å². The van der Waals surface area contributed by atoms with Crippen LogP contribution in [0.15, 0.2) is 41.4 Å². The summed E-state index contributed by atoms with van der Waals surface area (Å²) in [5.74, 6) is 0. The summed E-state index contributed by atoms with van der Waals surface area (Å²) in [5, 5.41) is -5.39. The highest BCUT2D eigenvalue weighted by Crippen LogP contribution is 2.56. The highest BCUT2D eigenvalue weighted by Gasteiger charge is 2.72. The molecule has 174 valence electrons. The topological polar surface area (TPSA) is 3.24 Å². The lowest BCUT2D eigenvalue weighted by Crippen LogP contribution is -2.50. The number of alkyl halides is 9. The van der Waals surface area contributed by atoms with Gasteiger partial charge in [0.25, 0.3) is 0 Å². The molecule has 0 bridgehead atoms. The van der Waals surface area contributed by atoms with Crippen molar-refractivity contribution in [3.8, 4) is 0 Å². The quantitative estimate of drug-likeness (QED) is 0.269. The van der Waals surface area contributed by atoms with Crippen molar-refractivity contribution in [1.82, 2.24) is 0 Å². The molecule has 3 rings (SSSR count). The van der Waals surface area contributed by atoms with Crippen LogP contribution in [-0.4, -0.2) is 18.0 Å². The van der Waals surface area contributed by atoms with Crippen LogP contribution in [0, 0.1) is 6.92 Å². The maximum atomic E-state index is 14.8. The fraction of sp³-hybridized carbons (Fsp3) is 0.333. The highest BCUT2D eigenvalue weighted by molar-refractivity contribution is 9.10. The average Bonchev–Trinajstić information content (AvgIpc) is 2.96. The van der Waals surface area contributed by atoms with Gasteiger partial charge in [0.05, 0.1) is 5.69 Å². The Labute approximate surface area is 191 Å². The van der Waals surface area contributed by atoms with Crippen LogP contribution in [0.5, 0.6) is 0 Å². The van der Waals surface area contributed by atoms with E-state index in [-0.39, 0.29) is 16.7 Å². The van der Waals surface area contributed by atoms with Gasteiger partial charge in [-0.1, -0.05) is 24.8 Å². The number of halogens is 10. The second-order valence-electron chi connectivity index (χ2n) is 7.35. The third-order valence-electron chi connectivity index (χ3n) is 5.33. The summed E-state index contributed by atoms with van der Waals surface area (Å²) in [6.45, 7) is 5.90. The predicted octanol–water partition coefficient (Wildman–Crippen LogP) is 8.11. The highest BCUT2D eigenvalue weighted by atomic mass is 79.9. The Morgan fingerprint density at radius 1 is 1.12 bits per heavy atom. The molecule has 2 aromatic carbocycles. The van der Waals surface area contributed by atoms with Gasteiger partial charge in [-0.3, -0.25) is 0 Å². The van der Waals surface area contributed by atoms with Crippen molar-refractivity contribution < 1.29 is 35.1 Å². The first-order chi connectivity index (χ1) is 14.6. The fourth-order valence-electron chi connectivity index (χ4n) is 3.76. The third kappa shape index (κ3) is 4.00. The van der Waals surface area contributed by atoms with E-state index in [0.717, 1.165) is 11.1 Å². The van der Waals surface area contributed by atoms with Crippen molar-refractivity contribution in [2.24, 2.45) is 0 Å². The largest absolute Gasteiger partial charge is 0.434 e. The molecule has 0 aromatic heterocycles. The molecule has 1 unspecified atom stereocenters. The van der Waals surface area contributed by atoms with Gasteiger partial charge in [0.15, 0.2) is 0 Å². The van der Waals surface area contributed by atoms with Crippen LogP contribution < -0.4 is 4.90 Å². The minimum Gasteiger partial charge on any atom is -0.336 e. The molecular weight excluding hydrogens is 534 g/mol. The first-order valence-corrected chi connectivity index (χ1v) is 10.3. The molecule has 1 aliphatic rings. The molecule has 0 aliphatic carbocycles. The predicted molar refractivity (Wildman–Crippen MR) is 110 cm³/mol. The van der Waals surface area contributed by atoms with E-state index in [2.05, 4.69) is 34.1 Å². The smallest absolute Gasteiger partial charge is 0.336 e. The van der Waals surface area contributed by atoms with E-state index >= 15 is 0 Å². The van der Waals surface area contributed by atoms with Crippen LogP contribution in [-0.2, 0) is 18.6 Å². The second kappa shape index (κ2) is 8.20. The first-order valence-electron chi connectivity index (χ1n) is 9.08. The van der Waals surface area contributed by atoms with Crippen LogP contribution in [0.25, 0.3) is 5.70 Å². The lowest BCUT2D eigenvalue weighted by Gasteiger charge is -2.33. The van der Waals surface area contributed by atoms with Gasteiger partial charge >= 0.3 is 17.2 Å². The lowest BCUT2D eigenvalue weighted by atomic mass is 9.91. The third-order valence-corrected chi connectivity index (χ3v) is 6.19. The van der Waals surface area contributed by atoms with Crippen molar-refractivity contribution >= 4 is 38.9 Å². The summed E-state index contributed by atoms with van der Waals surface area (Å²) in [5.41, 5.74) is -4.62. The Bertz CT molecular complexity index is 1050. The van der Waals surface area contributed by atoms with Crippen molar-refractivity contribution in [3.63, 3.8) is 0 Å². The number of hydrogen-bond acceptors (Lipinski definition) is 1. The Hall–Kier alpha value is -1.81. The monoisotopic (exact) mass is 547 g/mol. The molecule has 2 aromatic rings. The molecule has 1 nitrogen and oxygen atoms in total. The van der Waals surface area contributed by atoms with E-state index in [0.29, 0.717) is 23.4 Å². The number of nitrogens with zero attached hydrogens (tertiary/aromatic N) is 1. The lowest BCUT2D eigenvalue weighted by molar-refractivity contribution is -0.286. The summed E-state index contributed by atoms with van der Waals surface area (Å²) in [4.78, 5) is 1.47. The molecule has 11 heteroatoms. The van der Waals surface area contributed by atoms with Crippen molar-refractivity contribution in [2.75, 3.05) is 4.90 Å². The molecular formula is C21H15BrClF8N. The zero-order valence-electron chi connectivity index (χ0n) is 16.3. The van der Waals surface area contributed by atoms with E-state index < -0.39 is 41.2 Å². The zero-order valence-corrected chi connectivity index (χ0v) is 18.7. The maximum absolute atomic E-state index is 14.8. The second-order valence-corrected chi connectivity index (χ2v) is 8.68. The Balaban J connectivity index is 2.23. The van der Waals surface area contributed by atoms with Crippen molar-refractivity contribution in [3.05, 3.63) is 69.2 Å². The molecule has 0 N–H and O–H groups in total. The number of fused-ring (bicyclic) bond motifs is 1. The zero-order chi connectivity index (χ0) is 24.2. The standard InChI is InChI=1S/C21H15BrClF8N/c1-10-4-3-5-14-11(2)32(9-15(10)14)18-12(7-17(24)25)6-13(8-16(18)22)19(26,20(23,27)28)21(29,30)31/h3-6,8,17H,2,7,9H2,1H3. The van der Waals surface area contributed by atoms with Crippen LogP contribution in [0.1, 0.15) is 27.8 Å². The molecule has 0 fully saturated rings. The normalized spacial score (nSPS) is 16.5. The van der Waals surface area contributed by atoms with Gasteiger partial charge in [-0.05, 0) is 63.3 Å². The average molecular weight is 549 g/mol. The van der Waals surface area contributed by atoms with Crippen LogP contribution in [0.4, 0.5) is 40.8 Å². The van der Waals surface area contributed by atoms with E-state index in [1.54, 1.807) is 12.1 Å². The van der Waals surface area contributed by atoms with Gasteiger partial charge < -0.3 is 4.90 Å². The van der Waals surface area contributed by atoms with Crippen molar-refractivity contribution in [1.29, 1.82) is 0 Å². The number of hydrogen-bond donors (Lipinski definition) is 0. The van der Waals surface area contributed by atoms with Gasteiger partial charge in [-0.25, -0.2) is 13.2 Å². The number of aryl methyl sites for hydroxylation is 1. The molecule has 1 aliphatic heterocycles. The van der Waals surface area contributed by atoms with Crippen LogP contribution in [0.2, 0.25) is 0 Å². The molecule has 0 saturated carbocycles. The molecule has 32 heavy (non-hydrogen) atoms. The van der Waals surface area contributed by atoms with Gasteiger partial charge in [-0.2, -0.15) is 22.0 Å². The molecule has 1 heterocycles. The number of benzene rings is 2. The van der Waals surface area contributed by atoms with E-state index in [4.69, 9.17) is 0 Å². The summed E-state index contributed by atoms with van der Waals surface area (Å²) >= 11 is 7.49. The number of rotatable bonds is 5. The van der Waals surface area contributed by atoms with E-state index in [9.17, 15) is 35.1 Å². The van der Waals surface area contributed by atoms with Crippen LogP contribution in [0.3, 0.4) is 0 Å². The van der Waals surface area contributed by atoms with Gasteiger partial charge in [0.2, 0.25) is 6.43 Å². The minimum absolute atomic E-state index is 0.0166. The van der Waals surface area contributed by atoms with E-state index in [1.165, 1.54) is 4.90 Å². The first kappa shape index (κ1) is 24.8. The molecule has 0 spiro atoms. The summed E-state index contributed by atoms with van der Waals surface area (Å²) in [7, 11) is 0. The summed E-state index contributed by atoms with van der Waals surface area (Å²) in [6, 6.07) is 6.15.